The van der Waals surface area contributed by atoms with E-state index in [1.807, 2.05) is 65.7 Å². The number of rotatable bonds is 6. The molecule has 0 amide bonds. The molecule has 1 heterocycles. The van der Waals surface area contributed by atoms with Crippen LogP contribution in [0.4, 0.5) is 5.69 Å². The first-order valence-electron chi connectivity index (χ1n) is 7.52. The fourth-order valence-electron chi connectivity index (χ4n) is 2.20. The lowest BCUT2D eigenvalue weighted by molar-refractivity contribution is 0.557. The number of anilines is 1. The molecule has 0 saturated carbocycles. The first-order valence-corrected chi connectivity index (χ1v) is 7.52. The van der Waals surface area contributed by atoms with Crippen molar-refractivity contribution in [2.45, 2.75) is 6.54 Å². The Balaban J connectivity index is 1.75. The summed E-state index contributed by atoms with van der Waals surface area (Å²) >= 11 is 0. The van der Waals surface area contributed by atoms with E-state index in [4.69, 9.17) is 4.42 Å². The van der Waals surface area contributed by atoms with Crippen LogP contribution in [-0.2, 0) is 6.54 Å². The van der Waals surface area contributed by atoms with Gasteiger partial charge in [0.1, 0.15) is 5.76 Å². The van der Waals surface area contributed by atoms with Crippen LogP contribution < -0.4 is 5.01 Å². The summed E-state index contributed by atoms with van der Waals surface area (Å²) in [4.78, 5) is 0. The first kappa shape index (κ1) is 14.9. The first-order chi connectivity index (χ1) is 11.4. The summed E-state index contributed by atoms with van der Waals surface area (Å²) in [7, 11) is 0. The molecule has 0 fully saturated rings. The van der Waals surface area contributed by atoms with E-state index in [-0.39, 0.29) is 0 Å². The molecule has 2 aromatic carbocycles. The van der Waals surface area contributed by atoms with Crippen molar-refractivity contribution in [3.05, 3.63) is 96.5 Å². The number of para-hydroxylation sites is 1. The maximum absolute atomic E-state index is 5.26. The Hall–Kier alpha value is -3.07. The van der Waals surface area contributed by atoms with Gasteiger partial charge in [0.2, 0.25) is 0 Å². The van der Waals surface area contributed by atoms with Crippen LogP contribution in [0, 0.1) is 0 Å². The normalized spacial score (nSPS) is 11.3. The maximum Gasteiger partial charge on any atom is 0.126 e. The predicted molar refractivity (Wildman–Crippen MR) is 95.3 cm³/mol. The van der Waals surface area contributed by atoms with E-state index in [1.165, 1.54) is 5.56 Å². The van der Waals surface area contributed by atoms with Crippen LogP contribution in [0.5, 0.6) is 0 Å². The number of allylic oxidation sites excluding steroid dienone is 1. The lowest BCUT2D eigenvalue weighted by Crippen LogP contribution is -2.15. The number of furan rings is 1. The van der Waals surface area contributed by atoms with Crippen LogP contribution in [0.15, 0.2) is 94.7 Å². The molecule has 1 aromatic heterocycles. The molecule has 3 rings (SSSR count). The van der Waals surface area contributed by atoms with Crippen LogP contribution in [0.2, 0.25) is 0 Å². The summed E-state index contributed by atoms with van der Waals surface area (Å²) in [6.07, 6.45) is 7.19. The van der Waals surface area contributed by atoms with Crippen molar-refractivity contribution in [1.82, 2.24) is 0 Å². The lowest BCUT2D eigenvalue weighted by atomic mass is 10.2. The summed E-state index contributed by atoms with van der Waals surface area (Å²) < 4.78 is 5.26. The molecule has 0 N–H and O–H groups in total. The lowest BCUT2D eigenvalue weighted by Gasteiger charge is -2.19. The average Bonchev–Trinajstić information content (AvgIpc) is 3.13. The Morgan fingerprint density at radius 2 is 1.61 bits per heavy atom. The summed E-state index contributed by atoms with van der Waals surface area (Å²) in [5.41, 5.74) is 2.27. The molecule has 3 nitrogen and oxygen atoms in total. The number of hydrogen-bond acceptors (Lipinski definition) is 3. The van der Waals surface area contributed by atoms with Crippen LogP contribution in [-0.4, -0.2) is 6.21 Å². The van der Waals surface area contributed by atoms with Gasteiger partial charge < -0.3 is 4.42 Å². The Kier molecular flexibility index (Phi) is 5.04. The van der Waals surface area contributed by atoms with Crippen LogP contribution in [0.25, 0.3) is 6.08 Å². The molecule has 0 atom stereocenters. The second kappa shape index (κ2) is 7.80. The molecule has 23 heavy (non-hydrogen) atoms. The van der Waals surface area contributed by atoms with Crippen molar-refractivity contribution in [2.24, 2.45) is 5.10 Å². The van der Waals surface area contributed by atoms with E-state index in [9.17, 15) is 0 Å². The monoisotopic (exact) mass is 302 g/mol. The van der Waals surface area contributed by atoms with Crippen molar-refractivity contribution in [3.8, 4) is 0 Å². The van der Waals surface area contributed by atoms with Gasteiger partial charge in [-0.05, 0) is 42.0 Å². The molecule has 0 saturated heterocycles. The highest BCUT2D eigenvalue weighted by Gasteiger charge is 2.04. The van der Waals surface area contributed by atoms with Crippen molar-refractivity contribution in [3.63, 3.8) is 0 Å². The van der Waals surface area contributed by atoms with E-state index in [0.29, 0.717) is 0 Å². The Morgan fingerprint density at radius 1 is 0.870 bits per heavy atom. The molecule has 0 radical (unpaired) electrons. The van der Waals surface area contributed by atoms with E-state index in [0.717, 1.165) is 18.0 Å². The Labute approximate surface area is 136 Å². The smallest absolute Gasteiger partial charge is 0.126 e. The van der Waals surface area contributed by atoms with Crippen LogP contribution in [0.3, 0.4) is 0 Å². The van der Waals surface area contributed by atoms with Gasteiger partial charge in [0.05, 0.1) is 18.5 Å². The van der Waals surface area contributed by atoms with Gasteiger partial charge >= 0.3 is 0 Å². The molecular formula is C20H18N2O. The third-order valence-corrected chi connectivity index (χ3v) is 3.33. The SMILES string of the molecule is C(=Cc1ccco1)C=NN(Cc1ccccc1)c1ccccc1. The Bertz CT molecular complexity index is 747. The fraction of sp³-hybridized carbons (Fsp3) is 0.0500. The third-order valence-electron chi connectivity index (χ3n) is 3.33. The summed E-state index contributed by atoms with van der Waals surface area (Å²) in [5, 5.41) is 6.54. The summed E-state index contributed by atoms with van der Waals surface area (Å²) in [5.74, 6) is 0.811. The quantitative estimate of drug-likeness (QED) is 0.474. The zero-order valence-electron chi connectivity index (χ0n) is 12.7. The molecule has 0 aliphatic carbocycles. The van der Waals surface area contributed by atoms with Gasteiger partial charge in [0, 0.05) is 6.21 Å². The van der Waals surface area contributed by atoms with Crippen LogP contribution >= 0.6 is 0 Å². The molecular weight excluding hydrogens is 284 g/mol. The topological polar surface area (TPSA) is 28.7 Å². The summed E-state index contributed by atoms with van der Waals surface area (Å²) in [6.45, 7) is 0.718. The Morgan fingerprint density at radius 3 is 2.30 bits per heavy atom. The summed E-state index contributed by atoms with van der Waals surface area (Å²) in [6, 6.07) is 24.2. The number of hydrazone groups is 1. The highest BCUT2D eigenvalue weighted by atomic mass is 16.3. The molecule has 3 heteroatoms. The minimum atomic E-state index is 0.718. The largest absolute Gasteiger partial charge is 0.465 e. The predicted octanol–water partition coefficient (Wildman–Crippen LogP) is 4.99. The van der Waals surface area contributed by atoms with E-state index in [1.54, 1.807) is 12.5 Å². The number of hydrogen-bond donors (Lipinski definition) is 0. The molecule has 114 valence electrons. The van der Waals surface area contributed by atoms with Gasteiger partial charge in [-0.15, -0.1) is 0 Å². The third kappa shape index (κ3) is 4.45. The molecule has 0 spiro atoms. The zero-order valence-corrected chi connectivity index (χ0v) is 12.7. The fourth-order valence-corrected chi connectivity index (χ4v) is 2.20. The highest BCUT2D eigenvalue weighted by Crippen LogP contribution is 2.17. The number of nitrogens with zero attached hydrogens (tertiary/aromatic N) is 2. The van der Waals surface area contributed by atoms with Crippen LogP contribution in [0.1, 0.15) is 11.3 Å². The van der Waals surface area contributed by atoms with E-state index >= 15 is 0 Å². The van der Waals surface area contributed by atoms with E-state index in [2.05, 4.69) is 29.4 Å². The van der Waals surface area contributed by atoms with Crippen molar-refractivity contribution in [2.75, 3.05) is 5.01 Å². The van der Waals surface area contributed by atoms with Crippen molar-refractivity contribution in [1.29, 1.82) is 0 Å². The van der Waals surface area contributed by atoms with Crippen molar-refractivity contribution >= 4 is 18.0 Å². The molecule has 0 aliphatic heterocycles. The highest BCUT2D eigenvalue weighted by molar-refractivity contribution is 5.78. The average molecular weight is 302 g/mol. The second-order valence-electron chi connectivity index (χ2n) is 5.02. The minimum Gasteiger partial charge on any atom is -0.465 e. The zero-order chi connectivity index (χ0) is 15.7. The molecule has 0 bridgehead atoms. The molecule has 0 aliphatic rings. The molecule has 3 aromatic rings. The van der Waals surface area contributed by atoms with Gasteiger partial charge in [-0.25, -0.2) is 0 Å². The van der Waals surface area contributed by atoms with Crippen molar-refractivity contribution < 1.29 is 4.42 Å². The molecule has 0 unspecified atom stereocenters. The maximum atomic E-state index is 5.26. The standard InChI is InChI=1S/C20H18N2O/c1-3-9-18(10-4-1)17-22(19-11-5-2-6-12-19)21-15-7-13-20-14-8-16-23-20/h1-16H,17H2. The van der Waals surface area contributed by atoms with Gasteiger partial charge in [-0.2, -0.15) is 5.10 Å². The second-order valence-corrected chi connectivity index (χ2v) is 5.02. The van der Waals surface area contributed by atoms with Gasteiger partial charge in [0.15, 0.2) is 0 Å². The number of benzene rings is 2. The van der Waals surface area contributed by atoms with Gasteiger partial charge in [0.25, 0.3) is 0 Å². The van der Waals surface area contributed by atoms with Gasteiger partial charge in [-0.3, -0.25) is 5.01 Å². The van der Waals surface area contributed by atoms with E-state index < -0.39 is 0 Å². The minimum absolute atomic E-state index is 0.718. The van der Waals surface area contributed by atoms with Gasteiger partial charge in [-0.1, -0.05) is 48.5 Å².